The van der Waals surface area contributed by atoms with Gasteiger partial charge in [0.1, 0.15) is 17.3 Å². The Bertz CT molecular complexity index is 1430. The Morgan fingerprint density at radius 3 is 2.39 bits per heavy atom. The third-order valence-corrected chi connectivity index (χ3v) is 6.55. The van der Waals surface area contributed by atoms with Gasteiger partial charge in [-0.25, -0.2) is 0 Å². The van der Waals surface area contributed by atoms with E-state index in [1.165, 1.54) is 25.2 Å². The van der Waals surface area contributed by atoms with E-state index in [1.54, 1.807) is 31.2 Å². The summed E-state index contributed by atoms with van der Waals surface area (Å²) >= 11 is 0. The van der Waals surface area contributed by atoms with Gasteiger partial charge in [-0.2, -0.15) is 0 Å². The molecule has 0 bridgehead atoms. The molecule has 4 rings (SSSR count). The van der Waals surface area contributed by atoms with E-state index in [-0.39, 0.29) is 29.4 Å². The van der Waals surface area contributed by atoms with Crippen molar-refractivity contribution in [1.29, 1.82) is 0 Å². The van der Waals surface area contributed by atoms with Crippen molar-refractivity contribution in [3.63, 3.8) is 0 Å². The number of para-hydroxylation sites is 1. The number of amides is 1. The molecule has 2 N–H and O–H groups in total. The van der Waals surface area contributed by atoms with Crippen LogP contribution in [0.4, 0.5) is 0 Å². The van der Waals surface area contributed by atoms with E-state index in [0.717, 1.165) is 11.1 Å². The lowest BCUT2D eigenvalue weighted by molar-refractivity contribution is -0.140. The number of phenols is 1. The number of rotatable bonds is 8. The van der Waals surface area contributed by atoms with E-state index in [2.05, 4.69) is 0 Å². The average Bonchev–Trinajstić information content (AvgIpc) is 3.14. The van der Waals surface area contributed by atoms with Crippen LogP contribution in [0.2, 0.25) is 0 Å². The van der Waals surface area contributed by atoms with Crippen LogP contribution in [0.15, 0.2) is 60.2 Å². The maximum atomic E-state index is 13.5. The van der Waals surface area contributed by atoms with Crippen LogP contribution in [0, 0.1) is 13.8 Å². The molecule has 3 aromatic rings. The number of aromatic hydroxyl groups is 1. The molecular formula is C30H31NO7. The molecule has 1 amide bonds. The summed E-state index contributed by atoms with van der Waals surface area (Å²) in [4.78, 5) is 28.4. The van der Waals surface area contributed by atoms with E-state index < -0.39 is 17.7 Å². The average molecular weight is 518 g/mol. The summed E-state index contributed by atoms with van der Waals surface area (Å²) in [5.41, 5.74) is 3.04. The molecule has 1 unspecified atom stereocenters. The second-order valence-electron chi connectivity index (χ2n) is 9.06. The van der Waals surface area contributed by atoms with E-state index in [0.29, 0.717) is 34.8 Å². The number of Topliss-reactive ketones (excluding diaryl/α,β-unsaturated/α-hetero) is 1. The Hall–Kier alpha value is -4.46. The predicted octanol–water partition coefficient (Wildman–Crippen LogP) is 5.05. The maximum absolute atomic E-state index is 13.5. The molecule has 1 saturated heterocycles. The zero-order valence-electron chi connectivity index (χ0n) is 22.1. The first-order chi connectivity index (χ1) is 18.2. The lowest BCUT2D eigenvalue weighted by Gasteiger charge is -2.26. The first-order valence-electron chi connectivity index (χ1n) is 12.2. The van der Waals surface area contributed by atoms with Crippen molar-refractivity contribution in [2.24, 2.45) is 0 Å². The molecule has 1 fully saturated rings. The van der Waals surface area contributed by atoms with Gasteiger partial charge in [-0.3, -0.25) is 9.59 Å². The van der Waals surface area contributed by atoms with Crippen molar-refractivity contribution in [2.75, 3.05) is 20.8 Å². The highest BCUT2D eigenvalue weighted by Crippen LogP contribution is 2.44. The van der Waals surface area contributed by atoms with Crippen molar-refractivity contribution in [3.8, 4) is 23.0 Å². The Kier molecular flexibility index (Phi) is 7.62. The number of aliphatic hydroxyl groups is 1. The van der Waals surface area contributed by atoms with Crippen LogP contribution in [0.5, 0.6) is 23.0 Å². The molecule has 38 heavy (non-hydrogen) atoms. The van der Waals surface area contributed by atoms with E-state index in [1.807, 2.05) is 38.1 Å². The number of hydrogen-bond donors (Lipinski definition) is 2. The van der Waals surface area contributed by atoms with Gasteiger partial charge in [-0.1, -0.05) is 30.3 Å². The highest BCUT2D eigenvalue weighted by Gasteiger charge is 2.47. The predicted molar refractivity (Wildman–Crippen MR) is 143 cm³/mol. The molecule has 8 nitrogen and oxygen atoms in total. The van der Waals surface area contributed by atoms with E-state index in [9.17, 15) is 19.8 Å². The van der Waals surface area contributed by atoms with Gasteiger partial charge < -0.3 is 29.3 Å². The lowest BCUT2D eigenvalue weighted by atomic mass is 9.93. The van der Waals surface area contributed by atoms with Gasteiger partial charge in [0.25, 0.3) is 11.7 Å². The Labute approximate surface area is 221 Å². The number of ether oxygens (including phenoxy) is 3. The molecule has 1 aliphatic heterocycles. The Morgan fingerprint density at radius 1 is 0.974 bits per heavy atom. The van der Waals surface area contributed by atoms with Crippen LogP contribution < -0.4 is 14.2 Å². The number of benzene rings is 3. The molecule has 8 heteroatoms. The topological polar surface area (TPSA) is 106 Å². The fourth-order valence-corrected chi connectivity index (χ4v) is 4.92. The molecule has 1 atom stereocenters. The van der Waals surface area contributed by atoms with Crippen LogP contribution >= 0.6 is 0 Å². The summed E-state index contributed by atoms with van der Waals surface area (Å²) in [6, 6.07) is 14.5. The smallest absolute Gasteiger partial charge is 0.295 e. The van der Waals surface area contributed by atoms with Crippen molar-refractivity contribution in [1.82, 2.24) is 4.90 Å². The largest absolute Gasteiger partial charge is 0.507 e. The monoisotopic (exact) mass is 517 g/mol. The Morgan fingerprint density at radius 2 is 1.71 bits per heavy atom. The zero-order valence-corrected chi connectivity index (χ0v) is 22.1. The third-order valence-electron chi connectivity index (χ3n) is 6.55. The minimum Gasteiger partial charge on any atom is -0.507 e. The summed E-state index contributed by atoms with van der Waals surface area (Å²) in [5, 5.41) is 21.9. The fraction of sp³-hybridized carbons (Fsp3) is 0.267. The minimum absolute atomic E-state index is 0.0465. The Balaban J connectivity index is 1.97. The number of aliphatic hydroxyl groups excluding tert-OH is 1. The molecule has 1 heterocycles. The summed E-state index contributed by atoms with van der Waals surface area (Å²) in [5.74, 6) is -0.838. The minimum atomic E-state index is -0.967. The van der Waals surface area contributed by atoms with Gasteiger partial charge in [0.2, 0.25) is 0 Å². The molecule has 0 spiro atoms. The first-order valence-corrected chi connectivity index (χ1v) is 12.2. The molecule has 0 aliphatic carbocycles. The van der Waals surface area contributed by atoms with Gasteiger partial charge in [-0.05, 0) is 61.7 Å². The quantitative estimate of drug-likeness (QED) is 0.245. The van der Waals surface area contributed by atoms with Gasteiger partial charge in [-0.15, -0.1) is 0 Å². The molecule has 0 aromatic heterocycles. The number of likely N-dealkylation sites (tertiary alicyclic amines) is 1. The van der Waals surface area contributed by atoms with Crippen LogP contribution in [0.1, 0.15) is 40.8 Å². The van der Waals surface area contributed by atoms with E-state index >= 15 is 0 Å². The second kappa shape index (κ2) is 10.9. The molecule has 0 saturated carbocycles. The normalized spacial score (nSPS) is 16.6. The molecule has 1 aliphatic rings. The maximum Gasteiger partial charge on any atom is 0.295 e. The molecule has 0 radical (unpaired) electrons. The number of carbonyl (C=O) groups excluding carboxylic acids is 2. The summed E-state index contributed by atoms with van der Waals surface area (Å²) in [6.45, 7) is 5.85. The summed E-state index contributed by atoms with van der Waals surface area (Å²) in [6.07, 6.45) is 0. The lowest BCUT2D eigenvalue weighted by Crippen LogP contribution is -2.29. The standard InChI is InChI=1S/C30H31NO7/c1-6-38-24-15-19(11-12-22(24)32)26-25(27(33)21-14-17(2)13-18(3)29(21)37-5)28(34)30(35)31(26)16-20-9-7-8-10-23(20)36-4/h7-15,26,32-33H,6,16H2,1-5H3/b27-25+. The summed E-state index contributed by atoms with van der Waals surface area (Å²) < 4.78 is 16.6. The number of nitrogens with zero attached hydrogens (tertiary/aromatic N) is 1. The van der Waals surface area contributed by atoms with Crippen LogP contribution in [0.25, 0.3) is 5.76 Å². The van der Waals surface area contributed by atoms with Gasteiger partial charge in [0.05, 0.1) is 44.5 Å². The number of methoxy groups -OCH3 is 2. The zero-order chi connectivity index (χ0) is 27.6. The number of hydrogen-bond acceptors (Lipinski definition) is 7. The first kappa shape index (κ1) is 26.6. The second-order valence-corrected chi connectivity index (χ2v) is 9.06. The number of phenolic OH excluding ortho intramolecular Hbond substituents is 1. The number of aryl methyl sites for hydroxylation is 2. The van der Waals surface area contributed by atoms with Crippen molar-refractivity contribution in [3.05, 3.63) is 88.0 Å². The molecule has 3 aromatic carbocycles. The van der Waals surface area contributed by atoms with Crippen LogP contribution in [-0.4, -0.2) is 47.6 Å². The highest BCUT2D eigenvalue weighted by atomic mass is 16.5. The van der Waals surface area contributed by atoms with Crippen LogP contribution in [0.3, 0.4) is 0 Å². The fourth-order valence-electron chi connectivity index (χ4n) is 4.92. The SMILES string of the molecule is CCOc1cc(C2/C(=C(\O)c3cc(C)cc(C)c3OC)C(=O)C(=O)N2Cc2ccccc2OC)ccc1O. The van der Waals surface area contributed by atoms with Gasteiger partial charge in [0, 0.05) is 5.56 Å². The van der Waals surface area contributed by atoms with Gasteiger partial charge >= 0.3 is 0 Å². The third kappa shape index (κ3) is 4.77. The van der Waals surface area contributed by atoms with Crippen molar-refractivity contribution in [2.45, 2.75) is 33.4 Å². The number of ketones is 1. The van der Waals surface area contributed by atoms with Crippen LogP contribution in [-0.2, 0) is 16.1 Å². The molecular weight excluding hydrogens is 486 g/mol. The molecule has 198 valence electrons. The van der Waals surface area contributed by atoms with Gasteiger partial charge in [0.15, 0.2) is 11.5 Å². The highest BCUT2D eigenvalue weighted by molar-refractivity contribution is 6.46. The number of carbonyl (C=O) groups is 2. The van der Waals surface area contributed by atoms with E-state index in [4.69, 9.17) is 14.2 Å². The summed E-state index contributed by atoms with van der Waals surface area (Å²) in [7, 11) is 3.02. The van der Waals surface area contributed by atoms with Crippen molar-refractivity contribution < 1.29 is 34.0 Å². The van der Waals surface area contributed by atoms with Crippen molar-refractivity contribution >= 4 is 17.4 Å².